The largest absolute Gasteiger partial charge is 0.481 e. The molecule has 0 saturated carbocycles. The minimum absolute atomic E-state index is 0.268. The Kier molecular flexibility index (Phi) is 6.74. The summed E-state index contributed by atoms with van der Waals surface area (Å²) in [5, 5.41) is 17.3. The predicted molar refractivity (Wildman–Crippen MR) is 70.0 cm³/mol. The quantitative estimate of drug-likeness (QED) is 0.707. The summed E-state index contributed by atoms with van der Waals surface area (Å²) < 4.78 is 0. The lowest BCUT2D eigenvalue weighted by Gasteiger charge is -2.35. The van der Waals surface area contributed by atoms with E-state index in [9.17, 15) is 4.79 Å². The van der Waals surface area contributed by atoms with Gasteiger partial charge in [0.05, 0.1) is 6.07 Å². The van der Waals surface area contributed by atoms with Crippen molar-refractivity contribution in [2.24, 2.45) is 11.8 Å². The molecule has 1 rings (SSSR count). The Morgan fingerprint density at radius 1 is 1.56 bits per heavy atom. The first-order valence-electron chi connectivity index (χ1n) is 6.94. The molecule has 0 amide bonds. The van der Waals surface area contributed by atoms with Crippen molar-refractivity contribution in [3.8, 4) is 6.07 Å². The van der Waals surface area contributed by atoms with E-state index in [0.717, 1.165) is 38.9 Å². The third-order valence-corrected chi connectivity index (χ3v) is 3.86. The highest BCUT2D eigenvalue weighted by Gasteiger charge is 2.25. The number of likely N-dealkylation sites (tertiary alicyclic amines) is 1. The molecule has 0 radical (unpaired) electrons. The van der Waals surface area contributed by atoms with Gasteiger partial charge in [0.1, 0.15) is 0 Å². The fourth-order valence-corrected chi connectivity index (χ4v) is 2.74. The molecule has 0 spiro atoms. The number of carboxylic acids is 1. The molecule has 1 aliphatic heterocycles. The predicted octanol–water partition coefficient (Wildman–Crippen LogP) is 2.50. The van der Waals surface area contributed by atoms with Crippen LogP contribution in [0.5, 0.6) is 0 Å². The van der Waals surface area contributed by atoms with Gasteiger partial charge in [-0.2, -0.15) is 5.26 Å². The van der Waals surface area contributed by atoms with Gasteiger partial charge in [0.25, 0.3) is 0 Å². The Hall–Kier alpha value is -1.08. The van der Waals surface area contributed by atoms with Crippen molar-refractivity contribution < 1.29 is 9.90 Å². The molecule has 4 nitrogen and oxygen atoms in total. The summed E-state index contributed by atoms with van der Waals surface area (Å²) in [6.45, 7) is 5.26. The summed E-state index contributed by atoms with van der Waals surface area (Å²) in [5.74, 6) is 0.101. The van der Waals surface area contributed by atoms with Crippen LogP contribution >= 0.6 is 0 Å². The molecule has 1 fully saturated rings. The van der Waals surface area contributed by atoms with E-state index < -0.39 is 5.97 Å². The summed E-state index contributed by atoms with van der Waals surface area (Å²) in [7, 11) is 0. The van der Waals surface area contributed by atoms with Gasteiger partial charge in [-0.25, -0.2) is 0 Å². The molecule has 0 bridgehead atoms. The number of hydrogen-bond donors (Lipinski definition) is 1. The lowest BCUT2D eigenvalue weighted by Crippen LogP contribution is -2.38. The summed E-state index contributed by atoms with van der Waals surface area (Å²) >= 11 is 0. The van der Waals surface area contributed by atoms with Crippen LogP contribution in [0.15, 0.2) is 0 Å². The first-order valence-corrected chi connectivity index (χ1v) is 6.94. The third-order valence-electron chi connectivity index (χ3n) is 3.86. The van der Waals surface area contributed by atoms with Crippen molar-refractivity contribution in [3.05, 3.63) is 0 Å². The second-order valence-corrected chi connectivity index (χ2v) is 5.39. The molecular formula is C14H24N2O2. The van der Waals surface area contributed by atoms with Crippen LogP contribution in [0, 0.1) is 23.2 Å². The molecular weight excluding hydrogens is 228 g/mol. The molecule has 4 heteroatoms. The van der Waals surface area contributed by atoms with E-state index in [1.165, 1.54) is 6.42 Å². The monoisotopic (exact) mass is 252 g/mol. The van der Waals surface area contributed by atoms with Gasteiger partial charge < -0.3 is 10.0 Å². The van der Waals surface area contributed by atoms with Crippen LogP contribution in [-0.4, -0.2) is 35.6 Å². The molecule has 1 aliphatic rings. The van der Waals surface area contributed by atoms with Crippen LogP contribution < -0.4 is 0 Å². The lowest BCUT2D eigenvalue weighted by atomic mass is 9.84. The summed E-state index contributed by atoms with van der Waals surface area (Å²) in [5.41, 5.74) is 0. The zero-order valence-corrected chi connectivity index (χ0v) is 11.3. The van der Waals surface area contributed by atoms with Gasteiger partial charge in [0.2, 0.25) is 0 Å². The van der Waals surface area contributed by atoms with Crippen molar-refractivity contribution in [1.82, 2.24) is 4.90 Å². The van der Waals surface area contributed by atoms with Crippen LogP contribution in [0.3, 0.4) is 0 Å². The van der Waals surface area contributed by atoms with Crippen LogP contribution in [-0.2, 0) is 4.79 Å². The van der Waals surface area contributed by atoms with Crippen LogP contribution in [0.4, 0.5) is 0 Å². The maximum Gasteiger partial charge on any atom is 0.303 e. The van der Waals surface area contributed by atoms with Crippen molar-refractivity contribution in [3.63, 3.8) is 0 Å². The standard InChI is InChI=1S/C14H24N2O2/c1-12(10-14(17)18)13-6-5-9-16(11-13)8-4-2-3-7-15/h12-13H,2-6,8-11H2,1H3,(H,17,18). The van der Waals surface area contributed by atoms with E-state index in [1.54, 1.807) is 0 Å². The van der Waals surface area contributed by atoms with E-state index in [-0.39, 0.29) is 12.3 Å². The van der Waals surface area contributed by atoms with Gasteiger partial charge in [0, 0.05) is 19.4 Å². The number of nitrogens with zero attached hydrogens (tertiary/aromatic N) is 2. The van der Waals surface area contributed by atoms with Gasteiger partial charge in [-0.15, -0.1) is 0 Å². The number of carboxylic acid groups (broad SMARTS) is 1. The molecule has 0 aromatic carbocycles. The highest BCUT2D eigenvalue weighted by atomic mass is 16.4. The number of carbonyl (C=O) groups is 1. The third kappa shape index (κ3) is 5.50. The minimum atomic E-state index is -0.686. The average molecular weight is 252 g/mol. The normalized spacial score (nSPS) is 22.3. The maximum atomic E-state index is 10.7. The first kappa shape index (κ1) is 15.0. The number of unbranched alkanes of at least 4 members (excludes halogenated alkanes) is 2. The topological polar surface area (TPSA) is 64.3 Å². The van der Waals surface area contributed by atoms with Crippen molar-refractivity contribution >= 4 is 5.97 Å². The number of hydrogen-bond acceptors (Lipinski definition) is 3. The number of aliphatic carboxylic acids is 1. The van der Waals surface area contributed by atoms with Gasteiger partial charge in [-0.1, -0.05) is 6.92 Å². The number of piperidine rings is 1. The highest BCUT2D eigenvalue weighted by molar-refractivity contribution is 5.66. The Morgan fingerprint density at radius 2 is 2.33 bits per heavy atom. The highest BCUT2D eigenvalue weighted by Crippen LogP contribution is 2.26. The molecule has 0 aromatic heterocycles. The Balaban J connectivity index is 2.27. The number of rotatable bonds is 7. The SMILES string of the molecule is CC(CC(=O)O)C1CCCN(CCCCC#N)C1. The fourth-order valence-electron chi connectivity index (χ4n) is 2.74. The second kappa shape index (κ2) is 8.10. The summed E-state index contributed by atoms with van der Waals surface area (Å²) in [6.07, 6.45) is 5.31. The van der Waals surface area contributed by atoms with E-state index in [4.69, 9.17) is 10.4 Å². The Morgan fingerprint density at radius 3 is 3.00 bits per heavy atom. The van der Waals surface area contributed by atoms with Gasteiger partial charge in [0.15, 0.2) is 0 Å². The zero-order valence-electron chi connectivity index (χ0n) is 11.3. The first-order chi connectivity index (χ1) is 8.63. The fraction of sp³-hybridized carbons (Fsp3) is 0.857. The maximum absolute atomic E-state index is 10.7. The Labute approximate surface area is 110 Å². The molecule has 2 atom stereocenters. The van der Waals surface area contributed by atoms with Gasteiger partial charge in [-0.05, 0) is 50.6 Å². The molecule has 2 unspecified atom stereocenters. The molecule has 1 heterocycles. The molecule has 102 valence electrons. The van der Waals surface area contributed by atoms with Crippen LogP contribution in [0.2, 0.25) is 0 Å². The molecule has 0 aromatic rings. The van der Waals surface area contributed by atoms with E-state index in [2.05, 4.69) is 17.9 Å². The molecule has 18 heavy (non-hydrogen) atoms. The van der Waals surface area contributed by atoms with E-state index >= 15 is 0 Å². The van der Waals surface area contributed by atoms with Crippen LogP contribution in [0.25, 0.3) is 0 Å². The second-order valence-electron chi connectivity index (χ2n) is 5.39. The lowest BCUT2D eigenvalue weighted by molar-refractivity contribution is -0.138. The molecule has 1 N–H and O–H groups in total. The Bertz CT molecular complexity index is 299. The smallest absolute Gasteiger partial charge is 0.303 e. The van der Waals surface area contributed by atoms with Gasteiger partial charge >= 0.3 is 5.97 Å². The van der Waals surface area contributed by atoms with E-state index in [1.807, 2.05) is 0 Å². The van der Waals surface area contributed by atoms with Crippen molar-refractivity contribution in [1.29, 1.82) is 5.26 Å². The zero-order chi connectivity index (χ0) is 13.4. The van der Waals surface area contributed by atoms with Crippen LogP contribution in [0.1, 0.15) is 45.4 Å². The molecule has 0 aliphatic carbocycles. The average Bonchev–Trinajstić information content (AvgIpc) is 2.34. The van der Waals surface area contributed by atoms with Crippen molar-refractivity contribution in [2.45, 2.75) is 45.4 Å². The number of nitriles is 1. The minimum Gasteiger partial charge on any atom is -0.481 e. The van der Waals surface area contributed by atoms with Gasteiger partial charge in [-0.3, -0.25) is 4.79 Å². The summed E-state index contributed by atoms with van der Waals surface area (Å²) in [6, 6.07) is 2.17. The summed E-state index contributed by atoms with van der Waals surface area (Å²) in [4.78, 5) is 13.2. The van der Waals surface area contributed by atoms with Crippen molar-refractivity contribution in [2.75, 3.05) is 19.6 Å². The molecule has 1 saturated heterocycles. The van der Waals surface area contributed by atoms with E-state index in [0.29, 0.717) is 12.3 Å².